The minimum atomic E-state index is -0.623. The largest absolute Gasteiger partial charge is 0.405 e. The summed E-state index contributed by atoms with van der Waals surface area (Å²) in [7, 11) is 1.54. The van der Waals surface area contributed by atoms with Crippen LogP contribution >= 0.6 is 0 Å². The van der Waals surface area contributed by atoms with Crippen LogP contribution in [0.3, 0.4) is 0 Å². The van der Waals surface area contributed by atoms with Crippen LogP contribution in [0.15, 0.2) is 41.5 Å². The van der Waals surface area contributed by atoms with Gasteiger partial charge < -0.3 is 21.7 Å². The molecule has 1 aromatic heterocycles. The number of hydrogen-bond acceptors (Lipinski definition) is 6. The lowest BCUT2D eigenvalue weighted by molar-refractivity contribution is -0.124. The summed E-state index contributed by atoms with van der Waals surface area (Å²) in [6.07, 6.45) is 9.44. The van der Waals surface area contributed by atoms with Crippen LogP contribution in [-0.2, 0) is 16.1 Å². The van der Waals surface area contributed by atoms with Crippen molar-refractivity contribution in [2.75, 3.05) is 18.9 Å². The molecule has 6 N–H and O–H groups in total. The van der Waals surface area contributed by atoms with Crippen molar-refractivity contribution in [2.24, 2.45) is 28.5 Å². The summed E-state index contributed by atoms with van der Waals surface area (Å²) in [5.41, 5.74) is 10.5. The Morgan fingerprint density at radius 2 is 1.87 bits per heavy atom. The molecule has 4 rings (SSSR count). The first-order valence-electron chi connectivity index (χ1n) is 13.8. The van der Waals surface area contributed by atoms with E-state index >= 15 is 0 Å². The van der Waals surface area contributed by atoms with E-state index in [2.05, 4.69) is 38.1 Å². The molecule has 2 saturated carbocycles. The average molecular weight is 520 g/mol. The second-order valence-electron chi connectivity index (χ2n) is 10.4. The van der Waals surface area contributed by atoms with Crippen molar-refractivity contribution in [2.45, 2.75) is 65.0 Å². The summed E-state index contributed by atoms with van der Waals surface area (Å²) >= 11 is 0. The number of amides is 2. The first-order chi connectivity index (χ1) is 18.5. The molecule has 1 heterocycles. The normalized spacial score (nSPS) is 16.7. The number of anilines is 1. The van der Waals surface area contributed by atoms with Gasteiger partial charge in [0.2, 0.25) is 5.91 Å². The van der Waals surface area contributed by atoms with E-state index in [0.29, 0.717) is 24.1 Å². The first-order valence-corrected chi connectivity index (χ1v) is 13.8. The van der Waals surface area contributed by atoms with Crippen molar-refractivity contribution in [1.29, 1.82) is 0 Å². The van der Waals surface area contributed by atoms with E-state index in [1.54, 1.807) is 7.05 Å². The number of nitrogens with two attached hydrogens (primary N) is 1. The lowest BCUT2D eigenvalue weighted by Gasteiger charge is -2.27. The number of H-pyrrole nitrogens is 1. The van der Waals surface area contributed by atoms with E-state index in [-0.39, 0.29) is 23.4 Å². The molecule has 2 aliphatic carbocycles. The number of benzene rings is 1. The molecule has 0 unspecified atom stereocenters. The van der Waals surface area contributed by atoms with Crippen LogP contribution in [0.1, 0.15) is 56.8 Å². The standard InChI is InChI=1S/C29H41N7O2/c1-4-5-16-32-17-24-25(18(2)35-36-24)19-10-12-22(13-11-19)33-29(38)27(26(20-6-7-20)21-8-9-21)34-28(37)23(31-3)14-15-30/h10-15,20-21,26-27,32H,4-9,16-17,30H2,1-3H3,(H,33,38)(H,34,37)(H,35,36)/b15-14-,31-23?/t27-/m0/s1. The van der Waals surface area contributed by atoms with E-state index in [0.717, 1.165) is 67.6 Å². The smallest absolute Gasteiger partial charge is 0.270 e. The fourth-order valence-electron chi connectivity index (χ4n) is 5.23. The van der Waals surface area contributed by atoms with E-state index in [4.69, 9.17) is 5.73 Å². The molecule has 2 aliphatic rings. The third-order valence-electron chi connectivity index (χ3n) is 7.48. The second kappa shape index (κ2) is 12.9. The summed E-state index contributed by atoms with van der Waals surface area (Å²) in [6, 6.07) is 7.20. The van der Waals surface area contributed by atoms with Crippen molar-refractivity contribution >= 4 is 23.2 Å². The Kier molecular flexibility index (Phi) is 9.33. The summed E-state index contributed by atoms with van der Waals surface area (Å²) < 4.78 is 0. The SMILES string of the molecule is CCCCNCc1n[nH]c(C)c1-c1ccc(NC(=O)[C@@H](NC(=O)C(/C=C\N)=NC)C(C2CC2)C2CC2)cc1. The molecule has 2 fully saturated rings. The topological polar surface area (TPSA) is 137 Å². The van der Waals surface area contributed by atoms with Crippen molar-refractivity contribution < 1.29 is 9.59 Å². The molecule has 9 nitrogen and oxygen atoms in total. The zero-order valence-corrected chi connectivity index (χ0v) is 22.7. The Hall–Kier alpha value is -3.46. The molecule has 0 spiro atoms. The number of carbonyl (C=O) groups excluding carboxylic acids is 2. The third kappa shape index (κ3) is 6.89. The molecular formula is C29H41N7O2. The Morgan fingerprint density at radius 3 is 2.45 bits per heavy atom. The number of aromatic nitrogens is 2. The second-order valence-corrected chi connectivity index (χ2v) is 10.4. The average Bonchev–Trinajstić information content (AvgIpc) is 3.85. The first kappa shape index (κ1) is 27.6. The Balaban J connectivity index is 1.48. The van der Waals surface area contributed by atoms with Crippen LogP contribution in [0.25, 0.3) is 11.1 Å². The summed E-state index contributed by atoms with van der Waals surface area (Å²) in [5, 5.41) is 17.1. The molecule has 0 aliphatic heterocycles. The molecule has 1 aromatic carbocycles. The van der Waals surface area contributed by atoms with Gasteiger partial charge in [0.25, 0.3) is 5.91 Å². The van der Waals surface area contributed by atoms with Gasteiger partial charge >= 0.3 is 0 Å². The van der Waals surface area contributed by atoms with Crippen LogP contribution in [0.5, 0.6) is 0 Å². The van der Waals surface area contributed by atoms with E-state index in [1.807, 2.05) is 31.2 Å². The molecule has 0 bridgehead atoms. The van der Waals surface area contributed by atoms with Crippen molar-refractivity contribution in [1.82, 2.24) is 20.8 Å². The highest BCUT2D eigenvalue weighted by Gasteiger charge is 2.48. The Bertz CT molecular complexity index is 1150. The Morgan fingerprint density at radius 1 is 1.18 bits per heavy atom. The fourth-order valence-corrected chi connectivity index (χ4v) is 5.23. The van der Waals surface area contributed by atoms with Gasteiger partial charge in [-0.3, -0.25) is 19.7 Å². The molecule has 2 amide bonds. The summed E-state index contributed by atoms with van der Waals surface area (Å²) in [6.45, 7) is 5.85. The number of aliphatic imine (C=N–C) groups is 1. The fraction of sp³-hybridized carbons (Fsp3) is 0.517. The van der Waals surface area contributed by atoms with Gasteiger partial charge in [0.05, 0.1) is 5.69 Å². The quantitative estimate of drug-likeness (QED) is 0.192. The number of unbranched alkanes of at least 4 members (excludes halogenated alkanes) is 1. The summed E-state index contributed by atoms with van der Waals surface area (Å²) in [5.74, 6) is 0.506. The Labute approximate surface area is 225 Å². The number of hydrogen-bond donors (Lipinski definition) is 5. The third-order valence-corrected chi connectivity index (χ3v) is 7.48. The van der Waals surface area contributed by atoms with Crippen molar-refractivity contribution in [3.8, 4) is 11.1 Å². The van der Waals surface area contributed by atoms with Gasteiger partial charge in [-0.1, -0.05) is 25.5 Å². The predicted molar refractivity (Wildman–Crippen MR) is 152 cm³/mol. The number of aromatic amines is 1. The van der Waals surface area contributed by atoms with Crippen LogP contribution in [0.2, 0.25) is 0 Å². The highest BCUT2D eigenvalue weighted by atomic mass is 16.2. The van der Waals surface area contributed by atoms with Gasteiger partial charge in [-0.05, 0) is 93.3 Å². The maximum absolute atomic E-state index is 13.6. The number of nitrogens with one attached hydrogen (secondary N) is 4. The minimum Gasteiger partial charge on any atom is -0.405 e. The molecular weight excluding hydrogens is 478 g/mol. The molecule has 2 aromatic rings. The molecule has 1 atom stereocenters. The number of rotatable bonds is 14. The van der Waals surface area contributed by atoms with Gasteiger partial charge in [0, 0.05) is 30.5 Å². The van der Waals surface area contributed by atoms with Gasteiger partial charge in [0.1, 0.15) is 11.8 Å². The van der Waals surface area contributed by atoms with E-state index in [9.17, 15) is 9.59 Å². The lowest BCUT2D eigenvalue weighted by atomic mass is 9.88. The van der Waals surface area contributed by atoms with E-state index < -0.39 is 6.04 Å². The van der Waals surface area contributed by atoms with Crippen LogP contribution < -0.4 is 21.7 Å². The van der Waals surface area contributed by atoms with Gasteiger partial charge in [-0.25, -0.2) is 0 Å². The molecule has 38 heavy (non-hydrogen) atoms. The van der Waals surface area contributed by atoms with Crippen molar-refractivity contribution in [3.05, 3.63) is 47.9 Å². The van der Waals surface area contributed by atoms with Gasteiger partial charge in [-0.15, -0.1) is 0 Å². The number of carbonyl (C=O) groups is 2. The molecule has 9 heteroatoms. The minimum absolute atomic E-state index is 0.134. The highest BCUT2D eigenvalue weighted by Crippen LogP contribution is 2.50. The van der Waals surface area contributed by atoms with Crippen molar-refractivity contribution in [3.63, 3.8) is 0 Å². The van der Waals surface area contributed by atoms with Gasteiger partial charge in [-0.2, -0.15) is 5.10 Å². The summed E-state index contributed by atoms with van der Waals surface area (Å²) in [4.78, 5) is 30.5. The maximum Gasteiger partial charge on any atom is 0.270 e. The van der Waals surface area contributed by atoms with Crippen LogP contribution in [0.4, 0.5) is 5.69 Å². The van der Waals surface area contributed by atoms with Gasteiger partial charge in [0.15, 0.2) is 0 Å². The lowest BCUT2D eigenvalue weighted by Crippen LogP contribution is -2.51. The number of nitrogens with zero attached hydrogens (tertiary/aromatic N) is 2. The molecule has 204 valence electrons. The number of aryl methyl sites for hydroxylation is 1. The maximum atomic E-state index is 13.6. The van der Waals surface area contributed by atoms with Crippen LogP contribution in [0, 0.1) is 24.7 Å². The van der Waals surface area contributed by atoms with Crippen LogP contribution in [-0.4, -0.2) is 47.4 Å². The molecule has 0 radical (unpaired) electrons. The molecule has 0 saturated heterocycles. The highest BCUT2D eigenvalue weighted by molar-refractivity contribution is 6.43. The monoisotopic (exact) mass is 519 g/mol. The zero-order valence-electron chi connectivity index (χ0n) is 22.7. The predicted octanol–water partition coefficient (Wildman–Crippen LogP) is 3.68. The zero-order chi connectivity index (χ0) is 27.1. The van der Waals surface area contributed by atoms with E-state index in [1.165, 1.54) is 12.3 Å².